The minimum atomic E-state index is -1.14. The van der Waals surface area contributed by atoms with Crippen LogP contribution in [0, 0.1) is 0 Å². The number of carboxylic acid groups (broad SMARTS) is 1. The van der Waals surface area contributed by atoms with Gasteiger partial charge in [0.15, 0.2) is 0 Å². The first-order valence-electron chi connectivity index (χ1n) is 3.73. The molecule has 76 valence electrons. The predicted molar refractivity (Wildman–Crippen MR) is 43.2 cm³/mol. The van der Waals surface area contributed by atoms with Gasteiger partial charge in [-0.05, 0) is 12.8 Å². The van der Waals surface area contributed by atoms with E-state index in [2.05, 4.69) is 5.32 Å². The Labute approximate surface area is 74.9 Å². The standard InChI is InChI=1S/C6H13N3O4/c7-6(12)8-3-1-2-4(9-13)5(10)11/h4,9,13H,1-3H2,(H,10,11)(H3,7,8,12)/t4-/m0/s1. The zero-order chi connectivity index (χ0) is 10.3. The topological polar surface area (TPSA) is 125 Å². The normalized spacial score (nSPS) is 12.1. The first kappa shape index (κ1) is 11.7. The molecule has 6 N–H and O–H groups in total. The molecule has 0 aromatic rings. The summed E-state index contributed by atoms with van der Waals surface area (Å²) >= 11 is 0. The average Bonchev–Trinajstić information content (AvgIpc) is 2.03. The smallest absolute Gasteiger partial charge is 0.323 e. The summed E-state index contributed by atoms with van der Waals surface area (Å²) in [6, 6.07) is -1.65. The van der Waals surface area contributed by atoms with Crippen LogP contribution >= 0.6 is 0 Å². The minimum Gasteiger partial charge on any atom is -0.480 e. The highest BCUT2D eigenvalue weighted by molar-refractivity contribution is 5.73. The summed E-state index contributed by atoms with van der Waals surface area (Å²) in [5.74, 6) is -1.14. The summed E-state index contributed by atoms with van der Waals surface area (Å²) < 4.78 is 0. The Balaban J connectivity index is 3.50. The van der Waals surface area contributed by atoms with Gasteiger partial charge in [-0.15, -0.1) is 0 Å². The summed E-state index contributed by atoms with van der Waals surface area (Å²) in [6.45, 7) is 0.292. The van der Waals surface area contributed by atoms with E-state index in [4.69, 9.17) is 16.0 Å². The first-order valence-corrected chi connectivity index (χ1v) is 3.73. The van der Waals surface area contributed by atoms with Crippen molar-refractivity contribution in [3.63, 3.8) is 0 Å². The van der Waals surface area contributed by atoms with Gasteiger partial charge in [0.1, 0.15) is 6.04 Å². The molecule has 0 fully saturated rings. The van der Waals surface area contributed by atoms with Crippen molar-refractivity contribution in [2.24, 2.45) is 5.73 Å². The van der Waals surface area contributed by atoms with E-state index >= 15 is 0 Å². The van der Waals surface area contributed by atoms with Crippen LogP contribution in [0.25, 0.3) is 0 Å². The molecule has 0 rings (SSSR count). The highest BCUT2D eigenvalue weighted by atomic mass is 16.5. The van der Waals surface area contributed by atoms with Crippen LogP contribution in [-0.4, -0.2) is 34.9 Å². The van der Waals surface area contributed by atoms with Crippen LogP contribution < -0.4 is 16.5 Å². The number of aliphatic carboxylic acids is 1. The van der Waals surface area contributed by atoms with Crippen molar-refractivity contribution in [3.05, 3.63) is 0 Å². The van der Waals surface area contributed by atoms with Crippen LogP contribution in [0.15, 0.2) is 0 Å². The van der Waals surface area contributed by atoms with Crippen molar-refractivity contribution in [3.8, 4) is 0 Å². The van der Waals surface area contributed by atoms with E-state index < -0.39 is 18.0 Å². The average molecular weight is 191 g/mol. The van der Waals surface area contributed by atoms with E-state index in [9.17, 15) is 9.59 Å². The van der Waals surface area contributed by atoms with E-state index in [1.54, 1.807) is 5.48 Å². The number of carbonyl (C=O) groups excluding carboxylic acids is 1. The Hall–Kier alpha value is -1.34. The second kappa shape index (κ2) is 6.21. The SMILES string of the molecule is NC(=O)NCCC[C@H](NO)C(=O)O. The van der Waals surface area contributed by atoms with Crippen LogP contribution in [0.1, 0.15) is 12.8 Å². The van der Waals surface area contributed by atoms with Gasteiger partial charge in [-0.25, -0.2) is 4.79 Å². The zero-order valence-electron chi connectivity index (χ0n) is 6.99. The van der Waals surface area contributed by atoms with Crippen LogP contribution in [0.4, 0.5) is 4.79 Å². The number of urea groups is 1. The Bertz CT molecular complexity index is 185. The molecule has 7 nitrogen and oxygen atoms in total. The maximum atomic E-state index is 10.3. The quantitative estimate of drug-likeness (QED) is 0.268. The van der Waals surface area contributed by atoms with Crippen LogP contribution in [-0.2, 0) is 4.79 Å². The molecule has 13 heavy (non-hydrogen) atoms. The van der Waals surface area contributed by atoms with Gasteiger partial charge < -0.3 is 21.4 Å². The van der Waals surface area contributed by atoms with E-state index in [0.29, 0.717) is 13.0 Å². The first-order chi connectivity index (χ1) is 6.07. The number of nitrogens with two attached hydrogens (primary N) is 1. The fourth-order valence-electron chi connectivity index (χ4n) is 0.761. The monoisotopic (exact) mass is 191 g/mol. The molecule has 0 radical (unpaired) electrons. The molecular formula is C6H13N3O4. The molecule has 0 aromatic heterocycles. The Morgan fingerprint density at radius 1 is 1.46 bits per heavy atom. The third-order valence-corrected chi connectivity index (χ3v) is 1.42. The molecule has 2 amide bonds. The number of hydrogen-bond acceptors (Lipinski definition) is 4. The van der Waals surface area contributed by atoms with Gasteiger partial charge in [0, 0.05) is 6.54 Å². The van der Waals surface area contributed by atoms with E-state index in [-0.39, 0.29) is 6.42 Å². The number of carbonyl (C=O) groups is 2. The van der Waals surface area contributed by atoms with Crippen molar-refractivity contribution < 1.29 is 19.9 Å². The maximum Gasteiger partial charge on any atom is 0.323 e. The molecule has 0 bridgehead atoms. The molecule has 0 aliphatic heterocycles. The van der Waals surface area contributed by atoms with Crippen molar-refractivity contribution in [2.45, 2.75) is 18.9 Å². The van der Waals surface area contributed by atoms with Gasteiger partial charge in [0.25, 0.3) is 0 Å². The Morgan fingerprint density at radius 2 is 2.08 bits per heavy atom. The molecule has 0 saturated carbocycles. The van der Waals surface area contributed by atoms with Gasteiger partial charge in [0.2, 0.25) is 0 Å². The fourth-order valence-corrected chi connectivity index (χ4v) is 0.761. The van der Waals surface area contributed by atoms with Crippen LogP contribution in [0.2, 0.25) is 0 Å². The van der Waals surface area contributed by atoms with Gasteiger partial charge in [-0.2, -0.15) is 5.48 Å². The lowest BCUT2D eigenvalue weighted by atomic mass is 10.2. The number of nitrogens with one attached hydrogen (secondary N) is 2. The number of carboxylic acids is 1. The summed E-state index contributed by atoms with van der Waals surface area (Å²) in [5.41, 5.74) is 6.42. The van der Waals surface area contributed by atoms with E-state index in [0.717, 1.165) is 0 Å². The van der Waals surface area contributed by atoms with Crippen molar-refractivity contribution >= 4 is 12.0 Å². The lowest BCUT2D eigenvalue weighted by Crippen LogP contribution is -2.36. The predicted octanol–water partition coefficient (Wildman–Crippen LogP) is -1.13. The second-order valence-electron chi connectivity index (χ2n) is 2.45. The molecule has 0 unspecified atom stereocenters. The highest BCUT2D eigenvalue weighted by Gasteiger charge is 2.14. The van der Waals surface area contributed by atoms with Gasteiger partial charge >= 0.3 is 12.0 Å². The fraction of sp³-hybridized carbons (Fsp3) is 0.667. The van der Waals surface area contributed by atoms with Crippen molar-refractivity contribution in [2.75, 3.05) is 6.54 Å². The van der Waals surface area contributed by atoms with Crippen molar-refractivity contribution in [1.82, 2.24) is 10.8 Å². The third-order valence-electron chi connectivity index (χ3n) is 1.42. The summed E-state index contributed by atoms with van der Waals surface area (Å²) in [7, 11) is 0. The summed E-state index contributed by atoms with van der Waals surface area (Å²) in [4.78, 5) is 20.5. The molecule has 0 aromatic carbocycles. The number of amides is 2. The summed E-state index contributed by atoms with van der Waals surface area (Å²) in [6.07, 6.45) is 0.638. The lowest BCUT2D eigenvalue weighted by molar-refractivity contribution is -0.142. The molecular weight excluding hydrogens is 178 g/mol. The zero-order valence-corrected chi connectivity index (χ0v) is 6.99. The number of primary amides is 1. The largest absolute Gasteiger partial charge is 0.480 e. The number of rotatable bonds is 6. The van der Waals surface area contributed by atoms with E-state index in [1.807, 2.05) is 0 Å². The van der Waals surface area contributed by atoms with E-state index in [1.165, 1.54) is 0 Å². The van der Waals surface area contributed by atoms with Crippen molar-refractivity contribution in [1.29, 1.82) is 0 Å². The molecule has 0 spiro atoms. The summed E-state index contributed by atoms with van der Waals surface area (Å²) in [5, 5.41) is 19.1. The minimum absolute atomic E-state index is 0.214. The molecule has 1 atom stereocenters. The lowest BCUT2D eigenvalue weighted by Gasteiger charge is -2.09. The Morgan fingerprint density at radius 3 is 2.46 bits per heavy atom. The number of hydrogen-bond donors (Lipinski definition) is 5. The molecule has 0 aliphatic carbocycles. The molecule has 7 heteroatoms. The second-order valence-corrected chi connectivity index (χ2v) is 2.45. The molecule has 0 saturated heterocycles. The van der Waals surface area contributed by atoms with Gasteiger partial charge in [0.05, 0.1) is 0 Å². The third kappa shape index (κ3) is 5.88. The number of hydroxylamine groups is 1. The van der Waals surface area contributed by atoms with Gasteiger partial charge in [-0.1, -0.05) is 0 Å². The Kier molecular flexibility index (Phi) is 5.57. The highest BCUT2D eigenvalue weighted by Crippen LogP contribution is 1.95. The van der Waals surface area contributed by atoms with Crippen LogP contribution in [0.3, 0.4) is 0 Å². The van der Waals surface area contributed by atoms with Crippen LogP contribution in [0.5, 0.6) is 0 Å². The molecule has 0 aliphatic rings. The molecule has 0 heterocycles. The van der Waals surface area contributed by atoms with Gasteiger partial charge in [-0.3, -0.25) is 4.79 Å². The maximum absolute atomic E-state index is 10.3.